The Balaban J connectivity index is 1.79. The fourth-order valence-corrected chi connectivity index (χ4v) is 3.57. The second-order valence-electron chi connectivity index (χ2n) is 7.29. The number of likely N-dealkylation sites (tertiary alicyclic amines) is 1. The molecule has 2 heterocycles. The summed E-state index contributed by atoms with van der Waals surface area (Å²) in [6, 6.07) is 1.54. The van der Waals surface area contributed by atoms with Crippen LogP contribution in [0.25, 0.3) is 0 Å². The van der Waals surface area contributed by atoms with E-state index < -0.39 is 0 Å². The Morgan fingerprint density at radius 1 is 1.17 bits per heavy atom. The highest BCUT2D eigenvalue weighted by molar-refractivity contribution is 4.82. The molecule has 2 fully saturated rings. The van der Waals surface area contributed by atoms with Crippen LogP contribution in [0.4, 0.5) is 0 Å². The van der Waals surface area contributed by atoms with Gasteiger partial charge in [0, 0.05) is 12.1 Å². The van der Waals surface area contributed by atoms with Gasteiger partial charge in [-0.2, -0.15) is 0 Å². The Hall–Kier alpha value is -0.0800. The number of hydrogen-bond donors (Lipinski definition) is 1. The summed E-state index contributed by atoms with van der Waals surface area (Å²) >= 11 is 0. The van der Waals surface area contributed by atoms with E-state index in [4.69, 9.17) is 0 Å². The standard InChI is InChI=1S/C16H32N2/c1-14(13-15-7-4-5-10-17-15)18-11-6-8-16(2,3)9-12-18/h14-15,17H,4-13H2,1-3H3. The number of hydrogen-bond acceptors (Lipinski definition) is 2. The molecule has 2 aliphatic heterocycles. The van der Waals surface area contributed by atoms with Gasteiger partial charge in [0.2, 0.25) is 0 Å². The number of piperidine rings is 1. The van der Waals surface area contributed by atoms with E-state index in [9.17, 15) is 0 Å². The van der Waals surface area contributed by atoms with Crippen molar-refractivity contribution in [1.29, 1.82) is 0 Å². The summed E-state index contributed by atoms with van der Waals surface area (Å²) in [5.41, 5.74) is 0.567. The van der Waals surface area contributed by atoms with Crippen molar-refractivity contribution in [2.75, 3.05) is 19.6 Å². The van der Waals surface area contributed by atoms with Gasteiger partial charge in [0.05, 0.1) is 0 Å². The second-order valence-corrected chi connectivity index (χ2v) is 7.29. The van der Waals surface area contributed by atoms with Crippen molar-refractivity contribution in [3.63, 3.8) is 0 Å². The lowest BCUT2D eigenvalue weighted by molar-refractivity contribution is 0.179. The maximum Gasteiger partial charge on any atom is 0.00818 e. The molecular weight excluding hydrogens is 220 g/mol. The third kappa shape index (κ3) is 4.24. The molecule has 0 aliphatic carbocycles. The first-order valence-corrected chi connectivity index (χ1v) is 8.04. The molecule has 0 aromatic heterocycles. The molecule has 0 spiro atoms. The zero-order valence-corrected chi connectivity index (χ0v) is 12.7. The minimum absolute atomic E-state index is 0.567. The van der Waals surface area contributed by atoms with Crippen molar-refractivity contribution in [2.24, 2.45) is 5.41 Å². The van der Waals surface area contributed by atoms with Crippen molar-refractivity contribution in [3.05, 3.63) is 0 Å². The zero-order chi connectivity index (χ0) is 13.0. The second kappa shape index (κ2) is 6.38. The molecule has 1 N–H and O–H groups in total. The predicted octanol–water partition coefficient (Wildman–Crippen LogP) is 3.42. The van der Waals surface area contributed by atoms with Gasteiger partial charge in [-0.1, -0.05) is 20.3 Å². The highest BCUT2D eigenvalue weighted by Gasteiger charge is 2.26. The third-order valence-electron chi connectivity index (χ3n) is 5.04. The Kier molecular flexibility index (Phi) is 5.08. The SMILES string of the molecule is CC(CC1CCCCN1)N1CCCC(C)(C)CC1. The van der Waals surface area contributed by atoms with Crippen LogP contribution < -0.4 is 5.32 Å². The molecule has 18 heavy (non-hydrogen) atoms. The van der Waals surface area contributed by atoms with Crippen LogP contribution in [-0.2, 0) is 0 Å². The van der Waals surface area contributed by atoms with Gasteiger partial charge >= 0.3 is 0 Å². The lowest BCUT2D eigenvalue weighted by Gasteiger charge is -2.33. The maximum atomic E-state index is 3.69. The average Bonchev–Trinajstić information content (AvgIpc) is 2.51. The molecule has 2 unspecified atom stereocenters. The molecule has 0 amide bonds. The van der Waals surface area contributed by atoms with Gasteiger partial charge in [0.25, 0.3) is 0 Å². The van der Waals surface area contributed by atoms with Gasteiger partial charge in [0.15, 0.2) is 0 Å². The quantitative estimate of drug-likeness (QED) is 0.828. The average molecular weight is 252 g/mol. The van der Waals surface area contributed by atoms with E-state index >= 15 is 0 Å². The van der Waals surface area contributed by atoms with E-state index in [1.54, 1.807) is 0 Å². The molecular formula is C16H32N2. The number of nitrogens with zero attached hydrogens (tertiary/aromatic N) is 1. The van der Waals surface area contributed by atoms with Crippen molar-refractivity contribution >= 4 is 0 Å². The van der Waals surface area contributed by atoms with Gasteiger partial charge in [-0.25, -0.2) is 0 Å². The van der Waals surface area contributed by atoms with Crippen molar-refractivity contribution in [2.45, 2.75) is 77.8 Å². The Bertz CT molecular complexity index is 243. The fourth-order valence-electron chi connectivity index (χ4n) is 3.57. The van der Waals surface area contributed by atoms with Crippen LogP contribution >= 0.6 is 0 Å². The van der Waals surface area contributed by atoms with Crippen LogP contribution in [0, 0.1) is 5.41 Å². The largest absolute Gasteiger partial charge is 0.314 e. The first-order valence-electron chi connectivity index (χ1n) is 8.04. The molecule has 2 aliphatic rings. The minimum atomic E-state index is 0.567. The van der Waals surface area contributed by atoms with Crippen LogP contribution in [0.5, 0.6) is 0 Å². The van der Waals surface area contributed by atoms with Crippen LogP contribution in [0.3, 0.4) is 0 Å². The van der Waals surface area contributed by atoms with Gasteiger partial charge < -0.3 is 10.2 Å². The molecule has 0 bridgehead atoms. The minimum Gasteiger partial charge on any atom is -0.314 e. The molecule has 2 atom stereocenters. The highest BCUT2D eigenvalue weighted by atomic mass is 15.2. The molecule has 2 rings (SSSR count). The normalized spacial score (nSPS) is 31.8. The topological polar surface area (TPSA) is 15.3 Å². The zero-order valence-electron chi connectivity index (χ0n) is 12.7. The molecule has 0 radical (unpaired) electrons. The summed E-state index contributed by atoms with van der Waals surface area (Å²) in [6.45, 7) is 11.2. The maximum absolute atomic E-state index is 3.69. The molecule has 0 aromatic carbocycles. The summed E-state index contributed by atoms with van der Waals surface area (Å²) in [4.78, 5) is 2.74. The smallest absolute Gasteiger partial charge is 0.00818 e. The molecule has 0 saturated carbocycles. The van der Waals surface area contributed by atoms with Crippen LogP contribution in [-0.4, -0.2) is 36.6 Å². The highest BCUT2D eigenvalue weighted by Crippen LogP contribution is 2.31. The van der Waals surface area contributed by atoms with E-state index in [2.05, 4.69) is 31.0 Å². The molecule has 2 saturated heterocycles. The Labute approximate surface area is 114 Å². The van der Waals surface area contributed by atoms with Crippen molar-refractivity contribution in [1.82, 2.24) is 10.2 Å². The van der Waals surface area contributed by atoms with Crippen molar-refractivity contribution < 1.29 is 0 Å². The molecule has 106 valence electrons. The summed E-state index contributed by atoms with van der Waals surface area (Å²) in [5.74, 6) is 0. The summed E-state index contributed by atoms with van der Waals surface area (Å²) in [5, 5.41) is 3.69. The third-order valence-corrected chi connectivity index (χ3v) is 5.04. The van der Waals surface area contributed by atoms with Gasteiger partial charge in [-0.05, 0) is 70.5 Å². The van der Waals surface area contributed by atoms with Gasteiger partial charge in [-0.15, -0.1) is 0 Å². The predicted molar refractivity (Wildman–Crippen MR) is 78.9 cm³/mol. The molecule has 2 nitrogen and oxygen atoms in total. The van der Waals surface area contributed by atoms with Crippen molar-refractivity contribution in [3.8, 4) is 0 Å². The summed E-state index contributed by atoms with van der Waals surface area (Å²) < 4.78 is 0. The Morgan fingerprint density at radius 3 is 2.72 bits per heavy atom. The van der Waals surface area contributed by atoms with E-state index in [0.717, 1.165) is 12.1 Å². The van der Waals surface area contributed by atoms with Crippen LogP contribution in [0.1, 0.15) is 65.7 Å². The van der Waals surface area contributed by atoms with E-state index in [0.29, 0.717) is 5.41 Å². The van der Waals surface area contributed by atoms with Gasteiger partial charge in [-0.3, -0.25) is 0 Å². The van der Waals surface area contributed by atoms with E-state index in [1.807, 2.05) is 0 Å². The van der Waals surface area contributed by atoms with Gasteiger partial charge in [0.1, 0.15) is 0 Å². The Morgan fingerprint density at radius 2 is 2.00 bits per heavy atom. The fraction of sp³-hybridized carbons (Fsp3) is 1.00. The monoisotopic (exact) mass is 252 g/mol. The number of nitrogens with one attached hydrogen (secondary N) is 1. The lowest BCUT2D eigenvalue weighted by atomic mass is 9.85. The first-order chi connectivity index (χ1) is 8.57. The molecule has 2 heteroatoms. The van der Waals surface area contributed by atoms with Crippen LogP contribution in [0.15, 0.2) is 0 Å². The number of rotatable bonds is 3. The lowest BCUT2D eigenvalue weighted by Crippen LogP contribution is -2.42. The first kappa shape index (κ1) is 14.3. The van der Waals surface area contributed by atoms with E-state index in [-0.39, 0.29) is 0 Å². The molecule has 0 aromatic rings. The van der Waals surface area contributed by atoms with E-state index in [1.165, 1.54) is 64.6 Å². The summed E-state index contributed by atoms with van der Waals surface area (Å²) in [7, 11) is 0. The summed E-state index contributed by atoms with van der Waals surface area (Å²) in [6.07, 6.45) is 9.70. The van der Waals surface area contributed by atoms with Crippen LogP contribution in [0.2, 0.25) is 0 Å².